The van der Waals surface area contributed by atoms with Gasteiger partial charge >= 0.3 is 0 Å². The predicted molar refractivity (Wildman–Crippen MR) is 92.6 cm³/mol. The fourth-order valence-corrected chi connectivity index (χ4v) is 5.12. The van der Waals surface area contributed by atoms with E-state index in [1.54, 1.807) is 6.07 Å². The molecule has 1 aliphatic rings. The maximum Gasteiger partial charge on any atom is 0.242 e. The first-order valence-corrected chi connectivity index (χ1v) is 9.99. The Bertz CT molecular complexity index is 628. The van der Waals surface area contributed by atoms with Gasteiger partial charge in [-0.05, 0) is 42.4 Å². The predicted octanol–water partition coefficient (Wildman–Crippen LogP) is 2.40. The van der Waals surface area contributed by atoms with Gasteiger partial charge in [0.2, 0.25) is 10.0 Å². The number of benzene rings is 1. The Morgan fingerprint density at radius 2 is 2.10 bits per heavy atom. The molecular weight excluding hydrogens is 348 g/mol. The van der Waals surface area contributed by atoms with Gasteiger partial charge in [-0.3, -0.25) is 0 Å². The Labute approximate surface area is 139 Å². The van der Waals surface area contributed by atoms with E-state index in [1.165, 1.54) is 12.1 Å². The number of nitrogens with one attached hydrogen (secondary N) is 1. The summed E-state index contributed by atoms with van der Waals surface area (Å²) in [5, 5.41) is 0.131. The van der Waals surface area contributed by atoms with Crippen LogP contribution in [0.25, 0.3) is 0 Å². The Morgan fingerprint density at radius 3 is 2.67 bits per heavy atom. The van der Waals surface area contributed by atoms with Crippen molar-refractivity contribution >= 4 is 50.6 Å². The highest BCUT2D eigenvalue weighted by molar-refractivity contribution is 7.99. The number of hydrogen-bond acceptors (Lipinski definition) is 4. The van der Waals surface area contributed by atoms with Gasteiger partial charge in [0.05, 0.1) is 5.02 Å². The van der Waals surface area contributed by atoms with Gasteiger partial charge in [0.15, 0.2) is 0 Å². The van der Waals surface area contributed by atoms with E-state index in [-0.39, 0.29) is 14.9 Å². The lowest BCUT2D eigenvalue weighted by molar-refractivity contribution is 0.476. The Balaban J connectivity index is 2.10. The molecule has 0 amide bonds. The molecule has 0 radical (unpaired) electrons. The first-order valence-electron chi connectivity index (χ1n) is 6.57. The summed E-state index contributed by atoms with van der Waals surface area (Å²) in [6, 6.07) is 4.49. The maximum atomic E-state index is 12.3. The van der Waals surface area contributed by atoms with Crippen LogP contribution >= 0.6 is 35.6 Å². The summed E-state index contributed by atoms with van der Waals surface area (Å²) in [5.41, 5.74) is 6.06. The van der Waals surface area contributed by atoms with Crippen LogP contribution in [0.5, 0.6) is 0 Å². The van der Waals surface area contributed by atoms with Crippen LogP contribution in [0, 0.1) is 5.92 Å². The molecule has 3 N–H and O–H groups in total. The zero-order valence-electron chi connectivity index (χ0n) is 11.3. The van der Waals surface area contributed by atoms with E-state index in [9.17, 15) is 8.42 Å². The lowest BCUT2D eigenvalue weighted by atomic mass is 10.0. The van der Waals surface area contributed by atoms with Crippen LogP contribution < -0.4 is 10.5 Å². The molecule has 1 fully saturated rings. The Hall–Kier alpha value is -0.340. The lowest BCUT2D eigenvalue weighted by Crippen LogP contribution is -2.31. The van der Waals surface area contributed by atoms with Crippen LogP contribution in [-0.2, 0) is 10.0 Å². The molecule has 1 aliphatic heterocycles. The molecule has 0 aromatic heterocycles. The monoisotopic (exact) mass is 364 g/mol. The van der Waals surface area contributed by atoms with Crippen molar-refractivity contribution in [3.63, 3.8) is 0 Å². The summed E-state index contributed by atoms with van der Waals surface area (Å²) in [6.45, 7) is 0.455. The number of rotatable bonds is 5. The normalized spacial score (nSPS) is 16.8. The van der Waals surface area contributed by atoms with E-state index in [4.69, 9.17) is 29.6 Å². The van der Waals surface area contributed by atoms with Gasteiger partial charge in [-0.15, -0.1) is 0 Å². The highest BCUT2D eigenvalue weighted by Crippen LogP contribution is 2.25. The smallest absolute Gasteiger partial charge is 0.242 e. The van der Waals surface area contributed by atoms with E-state index >= 15 is 0 Å². The standard InChI is InChI=1S/C13H17ClN2O2S3/c14-11-7-10(13(15)19)1-2-12(11)21(17,18)16-8-9-3-5-20-6-4-9/h1-2,7,9,16H,3-6,8H2,(H2,15,19). The van der Waals surface area contributed by atoms with E-state index in [0.29, 0.717) is 18.0 Å². The molecule has 0 saturated carbocycles. The van der Waals surface area contributed by atoms with E-state index in [2.05, 4.69) is 4.72 Å². The third-order valence-corrected chi connectivity index (χ3v) is 6.60. The molecule has 0 atom stereocenters. The second-order valence-corrected chi connectivity index (χ2v) is 8.72. The second kappa shape index (κ2) is 7.28. The van der Waals surface area contributed by atoms with Gasteiger partial charge in [0, 0.05) is 12.1 Å². The van der Waals surface area contributed by atoms with E-state index in [0.717, 1.165) is 24.3 Å². The SMILES string of the molecule is NC(=S)c1ccc(S(=O)(=O)NCC2CCSCC2)c(Cl)c1. The number of halogens is 1. The quantitative estimate of drug-likeness (QED) is 0.785. The number of sulfonamides is 1. The fraction of sp³-hybridized carbons (Fsp3) is 0.462. The summed E-state index contributed by atoms with van der Waals surface area (Å²) >= 11 is 12.8. The molecule has 1 aromatic rings. The molecule has 0 bridgehead atoms. The van der Waals surface area contributed by atoms with Crippen molar-refractivity contribution < 1.29 is 8.42 Å². The molecule has 4 nitrogen and oxygen atoms in total. The first kappa shape index (κ1) is 17.0. The van der Waals surface area contributed by atoms with Crippen molar-refractivity contribution in [2.75, 3.05) is 18.1 Å². The van der Waals surface area contributed by atoms with Gasteiger partial charge in [0.25, 0.3) is 0 Å². The van der Waals surface area contributed by atoms with Crippen LogP contribution in [0.1, 0.15) is 18.4 Å². The largest absolute Gasteiger partial charge is 0.389 e. The molecule has 21 heavy (non-hydrogen) atoms. The molecule has 8 heteroatoms. The summed E-state index contributed by atoms with van der Waals surface area (Å²) in [6.07, 6.45) is 2.09. The molecule has 116 valence electrons. The number of thioether (sulfide) groups is 1. The van der Waals surface area contributed by atoms with Crippen molar-refractivity contribution in [1.82, 2.24) is 4.72 Å². The Kier molecular flexibility index (Phi) is 5.90. The minimum absolute atomic E-state index is 0.0642. The summed E-state index contributed by atoms with van der Waals surface area (Å²) in [7, 11) is -3.61. The van der Waals surface area contributed by atoms with Gasteiger partial charge in [-0.1, -0.05) is 29.9 Å². The van der Waals surface area contributed by atoms with Crippen molar-refractivity contribution in [2.45, 2.75) is 17.7 Å². The fourth-order valence-electron chi connectivity index (χ4n) is 2.13. The van der Waals surface area contributed by atoms with Gasteiger partial charge in [-0.25, -0.2) is 13.1 Å². The molecule has 1 saturated heterocycles. The summed E-state index contributed by atoms with van der Waals surface area (Å²) in [5.74, 6) is 2.58. The van der Waals surface area contributed by atoms with Crippen LogP contribution in [0.2, 0.25) is 5.02 Å². The molecule has 1 aromatic carbocycles. The van der Waals surface area contributed by atoms with Gasteiger partial charge in [-0.2, -0.15) is 11.8 Å². The van der Waals surface area contributed by atoms with Gasteiger partial charge < -0.3 is 5.73 Å². The number of hydrogen-bond donors (Lipinski definition) is 2. The second-order valence-electron chi connectivity index (χ2n) is 4.92. The van der Waals surface area contributed by atoms with Crippen molar-refractivity contribution in [1.29, 1.82) is 0 Å². The maximum absolute atomic E-state index is 12.3. The zero-order valence-corrected chi connectivity index (χ0v) is 14.5. The molecule has 0 aliphatic carbocycles. The number of thiocarbonyl (C=S) groups is 1. The van der Waals surface area contributed by atoms with Crippen LogP contribution in [0.15, 0.2) is 23.1 Å². The third-order valence-electron chi connectivity index (χ3n) is 3.41. The topological polar surface area (TPSA) is 72.2 Å². The highest BCUT2D eigenvalue weighted by Gasteiger charge is 2.21. The van der Waals surface area contributed by atoms with Crippen molar-refractivity contribution in [3.05, 3.63) is 28.8 Å². The minimum atomic E-state index is -3.61. The molecule has 2 rings (SSSR count). The molecule has 0 unspecified atom stereocenters. The third kappa shape index (κ3) is 4.56. The average Bonchev–Trinajstić information content (AvgIpc) is 2.46. The first-order chi connectivity index (χ1) is 9.90. The van der Waals surface area contributed by atoms with E-state index in [1.807, 2.05) is 11.8 Å². The van der Waals surface area contributed by atoms with Crippen LogP contribution in [0.3, 0.4) is 0 Å². The highest BCUT2D eigenvalue weighted by atomic mass is 35.5. The van der Waals surface area contributed by atoms with E-state index < -0.39 is 10.0 Å². The molecule has 0 spiro atoms. The Morgan fingerprint density at radius 1 is 1.43 bits per heavy atom. The average molecular weight is 365 g/mol. The van der Waals surface area contributed by atoms with Crippen LogP contribution in [-0.4, -0.2) is 31.5 Å². The zero-order chi connectivity index (χ0) is 15.5. The van der Waals surface area contributed by atoms with Gasteiger partial charge in [0.1, 0.15) is 9.88 Å². The summed E-state index contributed by atoms with van der Waals surface area (Å²) in [4.78, 5) is 0.253. The number of nitrogens with two attached hydrogens (primary N) is 1. The van der Waals surface area contributed by atoms with Crippen LogP contribution in [0.4, 0.5) is 0 Å². The van der Waals surface area contributed by atoms with Crippen molar-refractivity contribution in [2.24, 2.45) is 11.7 Å². The molecule has 1 heterocycles. The minimum Gasteiger partial charge on any atom is -0.389 e. The van der Waals surface area contributed by atoms with Crippen molar-refractivity contribution in [3.8, 4) is 0 Å². The summed E-state index contributed by atoms with van der Waals surface area (Å²) < 4.78 is 27.3. The lowest BCUT2D eigenvalue weighted by Gasteiger charge is -2.21. The molecular formula is C13H17ClN2O2S3.